The van der Waals surface area contributed by atoms with Crippen molar-refractivity contribution in [1.29, 1.82) is 0 Å². The molecule has 2 aliphatic carbocycles. The average Bonchev–Trinajstić information content (AvgIpc) is 2.95. The van der Waals surface area contributed by atoms with Gasteiger partial charge in [-0.1, -0.05) is 30.7 Å². The van der Waals surface area contributed by atoms with Gasteiger partial charge in [0.1, 0.15) is 0 Å². The Hall–Kier alpha value is -1.10. The van der Waals surface area contributed by atoms with Crippen LogP contribution in [0.2, 0.25) is 0 Å². The number of likely N-dealkylation sites (tertiary alicyclic amines) is 1. The number of nitrogens with one attached hydrogen (secondary N) is 1. The molecule has 4 heteroatoms. The van der Waals surface area contributed by atoms with E-state index in [1.807, 2.05) is 0 Å². The quantitative estimate of drug-likeness (QED) is 0.729. The molecular formula is C18H26N2O2. The molecule has 22 heavy (non-hydrogen) atoms. The molecule has 0 amide bonds. The molecule has 0 bridgehead atoms. The highest BCUT2D eigenvalue weighted by Crippen LogP contribution is 2.49. The lowest BCUT2D eigenvalue weighted by Gasteiger charge is -2.53. The largest absolute Gasteiger partial charge is 0.396 e. The number of aliphatic hydroxyl groups is 2. The summed E-state index contributed by atoms with van der Waals surface area (Å²) in [6.45, 7) is 4.13. The van der Waals surface area contributed by atoms with Crippen LogP contribution in [0.3, 0.4) is 0 Å². The number of allylic oxidation sites excluding steroid dienone is 2. The Labute approximate surface area is 132 Å². The Balaban J connectivity index is 1.73. The van der Waals surface area contributed by atoms with E-state index in [9.17, 15) is 10.2 Å². The Morgan fingerprint density at radius 1 is 1.41 bits per heavy atom. The van der Waals surface area contributed by atoms with E-state index in [4.69, 9.17) is 0 Å². The summed E-state index contributed by atoms with van der Waals surface area (Å²) in [6, 6.07) is 0.732. The molecule has 3 N–H and O–H groups in total. The van der Waals surface area contributed by atoms with Gasteiger partial charge < -0.3 is 15.5 Å². The van der Waals surface area contributed by atoms with Crippen LogP contribution in [0.4, 0.5) is 0 Å². The van der Waals surface area contributed by atoms with E-state index in [0.717, 1.165) is 25.9 Å². The van der Waals surface area contributed by atoms with Crippen LogP contribution >= 0.6 is 0 Å². The van der Waals surface area contributed by atoms with E-state index < -0.39 is 6.10 Å². The topological polar surface area (TPSA) is 55.7 Å². The van der Waals surface area contributed by atoms with E-state index in [1.165, 1.54) is 11.1 Å². The van der Waals surface area contributed by atoms with Gasteiger partial charge in [0.15, 0.2) is 0 Å². The van der Waals surface area contributed by atoms with Crippen molar-refractivity contribution in [3.8, 4) is 0 Å². The molecular weight excluding hydrogens is 276 g/mol. The van der Waals surface area contributed by atoms with E-state index in [0.29, 0.717) is 18.0 Å². The summed E-state index contributed by atoms with van der Waals surface area (Å²) in [5.74, 6) is 0.548. The number of piperidine rings is 1. The highest BCUT2D eigenvalue weighted by atomic mass is 16.3. The molecule has 0 spiro atoms. The zero-order valence-corrected chi connectivity index (χ0v) is 13.2. The van der Waals surface area contributed by atoms with Crippen molar-refractivity contribution in [2.75, 3.05) is 19.7 Å². The van der Waals surface area contributed by atoms with Gasteiger partial charge in [0.05, 0.1) is 12.1 Å². The lowest BCUT2D eigenvalue weighted by Crippen LogP contribution is -2.60. The van der Waals surface area contributed by atoms with Gasteiger partial charge in [0.25, 0.3) is 0 Å². The van der Waals surface area contributed by atoms with Crippen LogP contribution in [0.1, 0.15) is 19.8 Å². The van der Waals surface area contributed by atoms with Gasteiger partial charge in [-0.25, -0.2) is 0 Å². The van der Waals surface area contributed by atoms with Gasteiger partial charge in [0, 0.05) is 36.9 Å². The van der Waals surface area contributed by atoms with Crippen molar-refractivity contribution >= 4 is 0 Å². The molecule has 2 aliphatic heterocycles. The third-order valence-electron chi connectivity index (χ3n) is 5.96. The Morgan fingerprint density at radius 2 is 2.27 bits per heavy atom. The normalized spacial score (nSPS) is 43.0. The summed E-state index contributed by atoms with van der Waals surface area (Å²) in [5, 5.41) is 24.1. The second kappa shape index (κ2) is 5.52. The minimum atomic E-state index is -0.427. The van der Waals surface area contributed by atoms with Gasteiger partial charge in [-0.05, 0) is 31.2 Å². The summed E-state index contributed by atoms with van der Waals surface area (Å²) < 4.78 is 0. The van der Waals surface area contributed by atoms with Crippen molar-refractivity contribution in [2.24, 2.45) is 17.8 Å². The van der Waals surface area contributed by atoms with E-state index in [1.54, 1.807) is 0 Å². The summed E-state index contributed by atoms with van der Waals surface area (Å²) in [4.78, 5) is 2.50. The third kappa shape index (κ3) is 2.01. The van der Waals surface area contributed by atoms with Crippen LogP contribution in [0.15, 0.2) is 35.6 Å². The fraction of sp³-hybridized carbons (Fsp3) is 0.667. The molecule has 120 valence electrons. The lowest BCUT2D eigenvalue weighted by molar-refractivity contribution is -0.0682. The zero-order valence-electron chi connectivity index (χ0n) is 13.2. The molecule has 6 atom stereocenters. The predicted molar refractivity (Wildman–Crippen MR) is 86.1 cm³/mol. The summed E-state index contributed by atoms with van der Waals surface area (Å²) in [6.07, 6.45) is 10.5. The number of aliphatic hydroxyl groups excluding tert-OH is 2. The highest BCUT2D eigenvalue weighted by Gasteiger charge is 2.51. The predicted octanol–water partition coefficient (Wildman–Crippen LogP) is 1.04. The van der Waals surface area contributed by atoms with Gasteiger partial charge >= 0.3 is 0 Å². The van der Waals surface area contributed by atoms with Gasteiger partial charge in [0.2, 0.25) is 0 Å². The molecule has 4 nitrogen and oxygen atoms in total. The molecule has 0 radical (unpaired) electrons. The molecule has 1 saturated carbocycles. The number of fused-ring (bicyclic) bond motifs is 2. The molecule has 4 rings (SSSR count). The standard InChI is InChI=1S/C18H26N2O2/c1-2-6-20-9-12(10-21)18(22)17-13-4-3-5-14-16(13)11(8-19-14)7-15(17)20/h3-5,8,12,14-19,21-22H,2,6-7,9-10H2,1H3/t12-,14?,15-,16?,17-,18-/m1/s1. The SMILES string of the molecule is CCCN1C[C@H](CO)[C@@H](O)[C@@H]2C3=CC=CC4NC=C(C[C@H]21)C34. The van der Waals surface area contributed by atoms with E-state index in [-0.39, 0.29) is 18.4 Å². The van der Waals surface area contributed by atoms with Crippen molar-refractivity contribution in [3.63, 3.8) is 0 Å². The molecule has 4 aliphatic rings. The Bertz CT molecular complexity index is 539. The molecule has 0 aromatic rings. The van der Waals surface area contributed by atoms with Crippen LogP contribution < -0.4 is 5.32 Å². The first-order valence-corrected chi connectivity index (χ1v) is 8.60. The van der Waals surface area contributed by atoms with Crippen molar-refractivity contribution in [3.05, 3.63) is 35.6 Å². The number of hydrogen-bond acceptors (Lipinski definition) is 4. The fourth-order valence-electron chi connectivity index (χ4n) is 5.02. The first kappa shape index (κ1) is 14.5. The number of nitrogens with zero attached hydrogens (tertiary/aromatic N) is 1. The summed E-state index contributed by atoms with van der Waals surface area (Å²) >= 11 is 0. The molecule has 2 heterocycles. The van der Waals surface area contributed by atoms with Crippen LogP contribution in [-0.4, -0.2) is 53.0 Å². The van der Waals surface area contributed by atoms with Crippen molar-refractivity contribution in [1.82, 2.24) is 10.2 Å². The smallest absolute Gasteiger partial charge is 0.0683 e. The third-order valence-corrected chi connectivity index (χ3v) is 5.96. The van der Waals surface area contributed by atoms with Crippen LogP contribution in [-0.2, 0) is 0 Å². The Kier molecular flexibility index (Phi) is 3.63. The van der Waals surface area contributed by atoms with E-state index in [2.05, 4.69) is 41.6 Å². The van der Waals surface area contributed by atoms with Crippen molar-refractivity contribution in [2.45, 2.75) is 38.0 Å². The summed E-state index contributed by atoms with van der Waals surface area (Å²) in [7, 11) is 0. The summed E-state index contributed by atoms with van der Waals surface area (Å²) in [5.41, 5.74) is 2.85. The van der Waals surface area contributed by atoms with Gasteiger partial charge in [-0.3, -0.25) is 4.90 Å². The highest BCUT2D eigenvalue weighted by molar-refractivity contribution is 5.43. The maximum absolute atomic E-state index is 10.9. The molecule has 0 aromatic carbocycles. The van der Waals surface area contributed by atoms with Crippen molar-refractivity contribution < 1.29 is 10.2 Å². The van der Waals surface area contributed by atoms with Crippen LogP contribution in [0, 0.1) is 17.8 Å². The second-order valence-corrected chi connectivity index (χ2v) is 7.17. The number of rotatable bonds is 3. The fourth-order valence-corrected chi connectivity index (χ4v) is 5.02. The van der Waals surface area contributed by atoms with Gasteiger partial charge in [-0.2, -0.15) is 0 Å². The minimum absolute atomic E-state index is 0.0297. The van der Waals surface area contributed by atoms with E-state index >= 15 is 0 Å². The van der Waals surface area contributed by atoms with Crippen LogP contribution in [0.5, 0.6) is 0 Å². The maximum Gasteiger partial charge on any atom is 0.0683 e. The Morgan fingerprint density at radius 3 is 3.05 bits per heavy atom. The van der Waals surface area contributed by atoms with Crippen LogP contribution in [0.25, 0.3) is 0 Å². The second-order valence-electron chi connectivity index (χ2n) is 7.17. The first-order chi connectivity index (χ1) is 10.7. The average molecular weight is 302 g/mol. The number of hydrogen-bond donors (Lipinski definition) is 3. The molecule has 2 unspecified atom stereocenters. The maximum atomic E-state index is 10.9. The minimum Gasteiger partial charge on any atom is -0.396 e. The van der Waals surface area contributed by atoms with Gasteiger partial charge in [-0.15, -0.1) is 0 Å². The molecule has 0 aromatic heterocycles. The zero-order chi connectivity index (χ0) is 15.3. The molecule has 2 fully saturated rings. The molecule has 1 saturated heterocycles. The monoisotopic (exact) mass is 302 g/mol. The lowest BCUT2D eigenvalue weighted by atomic mass is 9.63. The first-order valence-electron chi connectivity index (χ1n) is 8.60.